The first-order valence-corrected chi connectivity index (χ1v) is 7.90. The van der Waals surface area contributed by atoms with Crippen molar-refractivity contribution < 1.29 is 4.98 Å². The average molecular weight is 318 g/mol. The fourth-order valence-corrected chi connectivity index (χ4v) is 3.55. The van der Waals surface area contributed by atoms with Crippen LogP contribution in [0, 0.1) is 11.3 Å². The monoisotopic (exact) mass is 318 g/mol. The number of aromatic nitrogens is 2. The number of para-hydroxylation sites is 3. The van der Waals surface area contributed by atoms with Crippen LogP contribution in [0.2, 0.25) is 0 Å². The van der Waals surface area contributed by atoms with Crippen LogP contribution in [0.3, 0.4) is 0 Å². The molecule has 0 aliphatic carbocycles. The molecule has 23 heavy (non-hydrogen) atoms. The predicted octanol–water partition coefficient (Wildman–Crippen LogP) is 2.81. The van der Waals surface area contributed by atoms with E-state index in [4.69, 9.17) is 5.73 Å². The molecule has 0 fully saturated rings. The van der Waals surface area contributed by atoms with E-state index in [1.165, 1.54) is 11.8 Å². The van der Waals surface area contributed by atoms with Gasteiger partial charge in [0.1, 0.15) is 17.0 Å². The minimum atomic E-state index is -0.674. The molecule has 0 amide bonds. The predicted molar refractivity (Wildman–Crippen MR) is 88.5 cm³/mol. The Labute approximate surface area is 136 Å². The molecule has 1 aliphatic heterocycles. The van der Waals surface area contributed by atoms with Gasteiger partial charge in [0.2, 0.25) is 5.52 Å². The van der Waals surface area contributed by atoms with E-state index in [0.717, 1.165) is 26.6 Å². The van der Waals surface area contributed by atoms with E-state index in [1.54, 1.807) is 0 Å². The molecule has 3 N–H and O–H groups in total. The van der Waals surface area contributed by atoms with Gasteiger partial charge < -0.3 is 5.73 Å². The number of nitrogens with one attached hydrogen (secondary N) is 1. The van der Waals surface area contributed by atoms with Crippen LogP contribution in [-0.4, -0.2) is 10.8 Å². The summed E-state index contributed by atoms with van der Waals surface area (Å²) in [7, 11) is 0. The Morgan fingerprint density at radius 2 is 1.91 bits per heavy atom. The zero-order valence-corrected chi connectivity index (χ0v) is 12.8. The van der Waals surface area contributed by atoms with Gasteiger partial charge in [-0.15, -0.1) is 0 Å². The maximum atomic E-state index is 9.57. The number of rotatable bonds is 0. The third-order valence-corrected chi connectivity index (χ3v) is 4.73. The average Bonchev–Trinajstić information content (AvgIpc) is 2.56. The third-order valence-electron chi connectivity index (χ3n) is 3.65. The van der Waals surface area contributed by atoms with Crippen LogP contribution < -0.4 is 10.7 Å². The summed E-state index contributed by atoms with van der Waals surface area (Å²) in [4.78, 5) is 13.4. The lowest BCUT2D eigenvalue weighted by atomic mass is 10.1. The van der Waals surface area contributed by atoms with Crippen LogP contribution in [0.15, 0.2) is 63.4 Å². The largest absolute Gasteiger partial charge is 0.386 e. The fraction of sp³-hybridized carbons (Fsp3) is 0.0588. The first-order chi connectivity index (χ1) is 11.3. The molecular weight excluding hydrogens is 306 g/mol. The summed E-state index contributed by atoms with van der Waals surface area (Å²) in [6.07, 6.45) is 0. The lowest BCUT2D eigenvalue weighted by Crippen LogP contribution is -2.26. The SMILES string of the molecule is N#C[C@@H]1C(N)=Nc2ccccc2Sc2[nH+]c3ccccc3nc21. The normalized spacial score (nSPS) is 16.5. The number of nitriles is 1. The standard InChI is InChI=1S/C17H11N5S/c18-9-10-15-17(22-12-6-2-1-5-11(12)20-15)23-14-8-4-3-7-13(14)21-16(10)19/h1-8,10H,(H2,19,21)/p+1/t10-/m0/s1. The number of aliphatic imine (C=N–C) groups is 1. The van der Waals surface area contributed by atoms with Crippen LogP contribution in [0.1, 0.15) is 11.6 Å². The molecule has 2 heterocycles. The molecule has 0 unspecified atom stereocenters. The maximum absolute atomic E-state index is 9.57. The summed E-state index contributed by atoms with van der Waals surface area (Å²) >= 11 is 1.52. The number of hydrogen-bond acceptors (Lipinski definition) is 5. The van der Waals surface area contributed by atoms with Gasteiger partial charge in [-0.25, -0.2) is 9.98 Å². The molecule has 1 atom stereocenters. The summed E-state index contributed by atoms with van der Waals surface area (Å²) < 4.78 is 0. The lowest BCUT2D eigenvalue weighted by molar-refractivity contribution is -0.397. The van der Waals surface area contributed by atoms with Crippen LogP contribution in [0.5, 0.6) is 0 Å². The molecule has 0 bridgehead atoms. The van der Waals surface area contributed by atoms with Gasteiger partial charge in [-0.1, -0.05) is 24.3 Å². The molecule has 1 aliphatic rings. The van der Waals surface area contributed by atoms with Crippen molar-refractivity contribution in [1.82, 2.24) is 4.98 Å². The number of fused-ring (bicyclic) bond motifs is 3. The van der Waals surface area contributed by atoms with Crippen molar-refractivity contribution in [2.75, 3.05) is 0 Å². The second-order valence-corrected chi connectivity index (χ2v) is 6.19. The van der Waals surface area contributed by atoms with Crippen molar-refractivity contribution in [2.24, 2.45) is 10.7 Å². The summed E-state index contributed by atoms with van der Waals surface area (Å²) in [5.41, 5.74) is 9.20. The quantitative estimate of drug-likeness (QED) is 0.690. The third kappa shape index (κ3) is 2.31. The Hall–Kier alpha value is -2.91. The summed E-state index contributed by atoms with van der Waals surface area (Å²) in [5.74, 6) is -0.413. The molecule has 0 saturated heterocycles. The Balaban J connectivity index is 2.03. The molecule has 0 saturated carbocycles. The van der Waals surface area contributed by atoms with Crippen molar-refractivity contribution in [2.45, 2.75) is 15.8 Å². The van der Waals surface area contributed by atoms with Crippen molar-refractivity contribution in [3.05, 3.63) is 54.2 Å². The van der Waals surface area contributed by atoms with Crippen LogP contribution in [0.4, 0.5) is 5.69 Å². The molecule has 6 heteroatoms. The number of aromatic amines is 1. The van der Waals surface area contributed by atoms with E-state index < -0.39 is 5.92 Å². The van der Waals surface area contributed by atoms with Crippen molar-refractivity contribution in [3.8, 4) is 6.07 Å². The fourth-order valence-electron chi connectivity index (χ4n) is 2.53. The van der Waals surface area contributed by atoms with E-state index in [9.17, 15) is 5.26 Å². The summed E-state index contributed by atoms with van der Waals surface area (Å²) in [6.45, 7) is 0. The van der Waals surface area contributed by atoms with Gasteiger partial charge in [-0.05, 0) is 30.0 Å². The molecule has 3 aromatic rings. The van der Waals surface area contributed by atoms with Gasteiger partial charge in [0.05, 0.1) is 11.8 Å². The minimum Gasteiger partial charge on any atom is -0.386 e. The van der Waals surface area contributed by atoms with Gasteiger partial charge in [0.25, 0.3) is 5.03 Å². The smallest absolute Gasteiger partial charge is 0.267 e. The molecule has 5 nitrogen and oxygen atoms in total. The molecule has 4 rings (SSSR count). The Bertz CT molecular complexity index is 990. The second-order valence-electron chi connectivity index (χ2n) is 5.14. The number of benzene rings is 2. The Kier molecular flexibility index (Phi) is 3.21. The summed E-state index contributed by atoms with van der Waals surface area (Å²) in [5, 5.41) is 10.4. The van der Waals surface area contributed by atoms with Gasteiger partial charge in [-0.2, -0.15) is 10.2 Å². The van der Waals surface area contributed by atoms with Gasteiger partial charge in [0, 0.05) is 11.0 Å². The lowest BCUT2D eigenvalue weighted by Gasteiger charge is -2.14. The molecule has 1 aromatic heterocycles. The van der Waals surface area contributed by atoms with Gasteiger partial charge in [-0.3, -0.25) is 0 Å². The summed E-state index contributed by atoms with van der Waals surface area (Å²) in [6, 6.07) is 17.7. The maximum Gasteiger partial charge on any atom is 0.267 e. The van der Waals surface area contributed by atoms with Crippen LogP contribution in [0.25, 0.3) is 11.0 Å². The van der Waals surface area contributed by atoms with Gasteiger partial charge >= 0.3 is 0 Å². The first-order valence-electron chi connectivity index (χ1n) is 7.09. The van der Waals surface area contributed by atoms with Crippen molar-refractivity contribution in [3.63, 3.8) is 0 Å². The van der Waals surface area contributed by atoms with Crippen LogP contribution >= 0.6 is 11.8 Å². The number of hydrogen-bond donors (Lipinski definition) is 1. The highest BCUT2D eigenvalue weighted by atomic mass is 32.2. The molecular formula is C17H12N5S+. The van der Waals surface area contributed by atoms with Crippen molar-refractivity contribution in [1.29, 1.82) is 5.26 Å². The van der Waals surface area contributed by atoms with E-state index in [-0.39, 0.29) is 5.84 Å². The highest BCUT2D eigenvalue weighted by Crippen LogP contribution is 2.38. The zero-order valence-electron chi connectivity index (χ0n) is 12.0. The minimum absolute atomic E-state index is 0.262. The Morgan fingerprint density at radius 3 is 2.78 bits per heavy atom. The second kappa shape index (κ2) is 5.38. The van der Waals surface area contributed by atoms with E-state index >= 15 is 0 Å². The zero-order chi connectivity index (χ0) is 15.8. The number of H-pyrrole nitrogens is 1. The van der Waals surface area contributed by atoms with Crippen LogP contribution in [-0.2, 0) is 0 Å². The number of nitrogens with zero attached hydrogens (tertiary/aromatic N) is 3. The first kappa shape index (κ1) is 13.7. The molecule has 110 valence electrons. The topological polar surface area (TPSA) is 89.2 Å². The number of amidine groups is 1. The van der Waals surface area contributed by atoms with E-state index in [0.29, 0.717) is 5.69 Å². The van der Waals surface area contributed by atoms with E-state index in [2.05, 4.69) is 21.0 Å². The van der Waals surface area contributed by atoms with Gasteiger partial charge in [0.15, 0.2) is 5.92 Å². The van der Waals surface area contributed by atoms with Crippen molar-refractivity contribution >= 4 is 34.3 Å². The highest BCUT2D eigenvalue weighted by molar-refractivity contribution is 7.99. The Morgan fingerprint density at radius 1 is 1.13 bits per heavy atom. The number of nitrogens with two attached hydrogens (primary N) is 1. The molecule has 0 spiro atoms. The van der Waals surface area contributed by atoms with E-state index in [1.807, 2.05) is 48.5 Å². The molecule has 2 aromatic carbocycles. The molecule has 0 radical (unpaired) electrons. The highest BCUT2D eigenvalue weighted by Gasteiger charge is 2.29.